The topological polar surface area (TPSA) is 75.1 Å². The summed E-state index contributed by atoms with van der Waals surface area (Å²) in [6, 6.07) is 6.56. The average molecular weight is 287 g/mol. The van der Waals surface area contributed by atoms with Gasteiger partial charge in [-0.1, -0.05) is 12.1 Å². The highest BCUT2D eigenvalue weighted by molar-refractivity contribution is 5.84. The van der Waals surface area contributed by atoms with Gasteiger partial charge in [-0.15, -0.1) is 0 Å². The lowest BCUT2D eigenvalue weighted by molar-refractivity contribution is 0.0690. The molecule has 5 nitrogen and oxygen atoms in total. The summed E-state index contributed by atoms with van der Waals surface area (Å²) in [7, 11) is 0. The van der Waals surface area contributed by atoms with Crippen LogP contribution in [0.1, 0.15) is 28.9 Å². The van der Waals surface area contributed by atoms with Gasteiger partial charge in [0.25, 0.3) is 0 Å². The third kappa shape index (κ3) is 2.84. The van der Waals surface area contributed by atoms with Crippen LogP contribution in [0.4, 0.5) is 10.2 Å². The van der Waals surface area contributed by atoms with E-state index in [1.54, 1.807) is 0 Å². The van der Waals surface area contributed by atoms with Crippen molar-refractivity contribution in [3.63, 3.8) is 0 Å². The predicted octanol–water partition coefficient (Wildman–Crippen LogP) is 2.46. The van der Waals surface area contributed by atoms with E-state index in [1.807, 2.05) is 12.1 Å². The maximum absolute atomic E-state index is 13.0. The Bertz CT molecular complexity index is 652. The minimum atomic E-state index is -1.10. The van der Waals surface area contributed by atoms with Gasteiger partial charge in [-0.3, -0.25) is 0 Å². The third-order valence-corrected chi connectivity index (χ3v) is 3.79. The summed E-state index contributed by atoms with van der Waals surface area (Å²) in [6.45, 7) is 0.666. The van der Waals surface area contributed by atoms with Crippen LogP contribution in [0.5, 0.6) is 0 Å². The number of carboxylic acids is 1. The van der Waals surface area contributed by atoms with Gasteiger partial charge in [0.1, 0.15) is 11.6 Å². The van der Waals surface area contributed by atoms with Crippen molar-refractivity contribution in [3.8, 4) is 0 Å². The number of rotatable bonds is 5. The van der Waals surface area contributed by atoms with Gasteiger partial charge >= 0.3 is 5.97 Å². The molecule has 2 N–H and O–H groups in total. The zero-order valence-electron chi connectivity index (χ0n) is 11.2. The van der Waals surface area contributed by atoms with E-state index in [-0.39, 0.29) is 16.9 Å². The molecule has 1 aromatic heterocycles. The number of benzene rings is 1. The zero-order chi connectivity index (χ0) is 14.9. The second kappa shape index (κ2) is 5.12. The lowest BCUT2D eigenvalue weighted by atomic mass is 9.96. The van der Waals surface area contributed by atoms with E-state index in [0.29, 0.717) is 12.4 Å². The van der Waals surface area contributed by atoms with Gasteiger partial charge in [-0.05, 0) is 30.5 Å². The maximum atomic E-state index is 13.0. The molecule has 2 aromatic rings. The summed E-state index contributed by atoms with van der Waals surface area (Å²) in [4.78, 5) is 18.5. The number of halogens is 1. The average Bonchev–Trinajstić information content (AvgIpc) is 3.27. The SMILES string of the molecule is O=C(O)c1cnc(NCC2(c3ccc(F)cc3)CC2)cn1. The molecule has 0 saturated heterocycles. The molecule has 3 rings (SSSR count). The number of hydrogen-bond donors (Lipinski definition) is 2. The Morgan fingerprint density at radius 2 is 1.95 bits per heavy atom. The van der Waals surface area contributed by atoms with Gasteiger partial charge in [-0.25, -0.2) is 19.2 Å². The van der Waals surface area contributed by atoms with Crippen molar-refractivity contribution < 1.29 is 14.3 Å². The second-order valence-electron chi connectivity index (χ2n) is 5.23. The molecule has 1 aliphatic rings. The van der Waals surface area contributed by atoms with Crippen molar-refractivity contribution in [1.82, 2.24) is 9.97 Å². The van der Waals surface area contributed by atoms with Crippen LogP contribution in [0.3, 0.4) is 0 Å². The Morgan fingerprint density at radius 3 is 2.48 bits per heavy atom. The summed E-state index contributed by atoms with van der Waals surface area (Å²) in [5.41, 5.74) is 1.03. The number of aromatic carboxylic acids is 1. The first-order chi connectivity index (χ1) is 10.1. The van der Waals surface area contributed by atoms with Crippen LogP contribution in [0.15, 0.2) is 36.7 Å². The van der Waals surface area contributed by atoms with E-state index in [2.05, 4.69) is 15.3 Å². The van der Waals surface area contributed by atoms with Crippen LogP contribution < -0.4 is 5.32 Å². The van der Waals surface area contributed by atoms with E-state index < -0.39 is 5.97 Å². The highest BCUT2D eigenvalue weighted by Gasteiger charge is 2.44. The molecule has 0 aliphatic heterocycles. The lowest BCUT2D eigenvalue weighted by Gasteiger charge is -2.16. The van der Waals surface area contributed by atoms with Crippen LogP contribution in [0.25, 0.3) is 0 Å². The van der Waals surface area contributed by atoms with Crippen molar-refractivity contribution in [3.05, 3.63) is 53.7 Å². The Morgan fingerprint density at radius 1 is 1.24 bits per heavy atom. The molecule has 1 fully saturated rings. The molecule has 0 spiro atoms. The quantitative estimate of drug-likeness (QED) is 0.883. The molecular weight excluding hydrogens is 273 g/mol. The first-order valence-corrected chi connectivity index (χ1v) is 6.64. The van der Waals surface area contributed by atoms with E-state index >= 15 is 0 Å². The number of aromatic nitrogens is 2. The van der Waals surface area contributed by atoms with Crippen LogP contribution in [-0.2, 0) is 5.41 Å². The fourth-order valence-corrected chi connectivity index (χ4v) is 2.31. The smallest absolute Gasteiger partial charge is 0.356 e. The maximum Gasteiger partial charge on any atom is 0.356 e. The van der Waals surface area contributed by atoms with E-state index in [0.717, 1.165) is 18.4 Å². The molecule has 108 valence electrons. The van der Waals surface area contributed by atoms with Crippen molar-refractivity contribution in [2.24, 2.45) is 0 Å². The predicted molar refractivity (Wildman–Crippen MR) is 74.8 cm³/mol. The minimum Gasteiger partial charge on any atom is -0.476 e. The van der Waals surface area contributed by atoms with E-state index in [4.69, 9.17) is 5.11 Å². The number of hydrogen-bond acceptors (Lipinski definition) is 4. The van der Waals surface area contributed by atoms with Gasteiger partial charge in [0.05, 0.1) is 12.4 Å². The zero-order valence-corrected chi connectivity index (χ0v) is 11.2. The molecule has 1 aromatic carbocycles. The van der Waals surface area contributed by atoms with Gasteiger partial charge in [0.15, 0.2) is 5.69 Å². The number of nitrogens with one attached hydrogen (secondary N) is 1. The normalized spacial score (nSPS) is 15.5. The second-order valence-corrected chi connectivity index (χ2v) is 5.23. The molecular formula is C15H14FN3O2. The van der Waals surface area contributed by atoms with Crippen molar-refractivity contribution >= 4 is 11.8 Å². The summed E-state index contributed by atoms with van der Waals surface area (Å²) in [5.74, 6) is -0.801. The Hall–Kier alpha value is -2.50. The molecule has 0 bridgehead atoms. The van der Waals surface area contributed by atoms with E-state index in [1.165, 1.54) is 24.5 Å². The third-order valence-electron chi connectivity index (χ3n) is 3.79. The van der Waals surface area contributed by atoms with Gasteiger partial charge < -0.3 is 10.4 Å². The van der Waals surface area contributed by atoms with Crippen LogP contribution >= 0.6 is 0 Å². The molecule has 0 amide bonds. The largest absolute Gasteiger partial charge is 0.476 e. The first kappa shape index (κ1) is 13.5. The molecule has 1 heterocycles. The monoisotopic (exact) mass is 287 g/mol. The first-order valence-electron chi connectivity index (χ1n) is 6.64. The van der Waals surface area contributed by atoms with Gasteiger partial charge in [0, 0.05) is 12.0 Å². The Kier molecular flexibility index (Phi) is 3.29. The van der Waals surface area contributed by atoms with Gasteiger partial charge in [0.2, 0.25) is 0 Å². The molecule has 1 saturated carbocycles. The molecule has 0 radical (unpaired) electrons. The van der Waals surface area contributed by atoms with Crippen molar-refractivity contribution in [1.29, 1.82) is 0 Å². The van der Waals surface area contributed by atoms with Crippen LogP contribution in [0.2, 0.25) is 0 Å². The standard InChI is InChI=1S/C15H14FN3O2/c16-11-3-1-10(2-4-11)15(5-6-15)9-19-13-8-17-12(7-18-13)14(20)21/h1-4,7-8H,5-6,9H2,(H,18,19)(H,20,21). The highest BCUT2D eigenvalue weighted by Crippen LogP contribution is 2.48. The molecule has 21 heavy (non-hydrogen) atoms. The van der Waals surface area contributed by atoms with Crippen LogP contribution in [0, 0.1) is 5.82 Å². The molecule has 1 aliphatic carbocycles. The lowest BCUT2D eigenvalue weighted by Crippen LogP contribution is -2.20. The molecule has 0 atom stereocenters. The number of carboxylic acid groups (broad SMARTS) is 1. The summed E-state index contributed by atoms with van der Waals surface area (Å²) in [6.07, 6.45) is 4.70. The fraction of sp³-hybridized carbons (Fsp3) is 0.267. The molecule has 6 heteroatoms. The number of carbonyl (C=O) groups is 1. The highest BCUT2D eigenvalue weighted by atomic mass is 19.1. The summed E-state index contributed by atoms with van der Waals surface area (Å²) >= 11 is 0. The number of anilines is 1. The molecule has 0 unspecified atom stereocenters. The van der Waals surface area contributed by atoms with Crippen molar-refractivity contribution in [2.75, 3.05) is 11.9 Å². The van der Waals surface area contributed by atoms with Crippen molar-refractivity contribution in [2.45, 2.75) is 18.3 Å². The summed E-state index contributed by atoms with van der Waals surface area (Å²) in [5, 5.41) is 11.9. The fourth-order valence-electron chi connectivity index (χ4n) is 2.31. The number of nitrogens with zero attached hydrogens (tertiary/aromatic N) is 2. The van der Waals surface area contributed by atoms with E-state index in [9.17, 15) is 9.18 Å². The van der Waals surface area contributed by atoms with Gasteiger partial charge in [-0.2, -0.15) is 0 Å². The Balaban J connectivity index is 1.67. The summed E-state index contributed by atoms with van der Waals surface area (Å²) < 4.78 is 13.0. The minimum absolute atomic E-state index is 0.0147. The Labute approximate surface area is 120 Å². The van der Waals surface area contributed by atoms with Crippen LogP contribution in [-0.4, -0.2) is 27.6 Å².